The molecule has 3 heteroatoms. The summed E-state index contributed by atoms with van der Waals surface area (Å²) in [4.78, 5) is 2.32. The van der Waals surface area contributed by atoms with Crippen molar-refractivity contribution in [1.82, 2.24) is 0 Å². The van der Waals surface area contributed by atoms with E-state index in [4.69, 9.17) is 4.74 Å². The van der Waals surface area contributed by atoms with Gasteiger partial charge >= 0.3 is 0 Å². The second-order valence-electron chi connectivity index (χ2n) is 6.21. The Labute approximate surface area is 138 Å². The van der Waals surface area contributed by atoms with Crippen LogP contribution in [0.15, 0.2) is 42.5 Å². The van der Waals surface area contributed by atoms with Crippen LogP contribution < -0.4 is 9.64 Å². The molecule has 1 atom stereocenters. The molecule has 0 bridgehead atoms. The minimum Gasteiger partial charge on any atom is -0.508 e. The molecule has 1 aliphatic rings. The number of fused-ring (bicyclic) bond motifs is 1. The van der Waals surface area contributed by atoms with E-state index < -0.39 is 0 Å². The highest BCUT2D eigenvalue weighted by atomic mass is 16.5. The standard InChI is InChI=1S/C20H25NO2/c1-3-11-21-14-18(12-16-7-5-15(4-2)6-8-16)23-20-10-9-17(22)13-19(20)21/h5-10,13,18,22H,3-4,11-12,14H2,1-2H3. The van der Waals surface area contributed by atoms with Crippen molar-refractivity contribution >= 4 is 5.69 Å². The summed E-state index contributed by atoms with van der Waals surface area (Å²) in [5.74, 6) is 1.17. The van der Waals surface area contributed by atoms with Gasteiger partial charge in [0.1, 0.15) is 17.6 Å². The third-order valence-electron chi connectivity index (χ3n) is 4.39. The van der Waals surface area contributed by atoms with E-state index in [9.17, 15) is 5.11 Å². The highest BCUT2D eigenvalue weighted by Gasteiger charge is 2.25. The molecule has 0 radical (unpaired) electrons. The predicted octanol–water partition coefficient (Wildman–Crippen LogP) is 4.17. The van der Waals surface area contributed by atoms with Crippen molar-refractivity contribution in [1.29, 1.82) is 0 Å². The third-order valence-corrected chi connectivity index (χ3v) is 4.39. The van der Waals surface area contributed by atoms with E-state index in [2.05, 4.69) is 43.0 Å². The van der Waals surface area contributed by atoms with Crippen LogP contribution in [-0.2, 0) is 12.8 Å². The molecule has 1 heterocycles. The van der Waals surface area contributed by atoms with Gasteiger partial charge in [-0.15, -0.1) is 0 Å². The smallest absolute Gasteiger partial charge is 0.143 e. The van der Waals surface area contributed by atoms with E-state index >= 15 is 0 Å². The first-order valence-electron chi connectivity index (χ1n) is 8.52. The van der Waals surface area contributed by atoms with E-state index in [1.807, 2.05) is 6.07 Å². The van der Waals surface area contributed by atoms with Gasteiger partial charge in [-0.25, -0.2) is 0 Å². The maximum Gasteiger partial charge on any atom is 0.143 e. The van der Waals surface area contributed by atoms with Gasteiger partial charge in [-0.2, -0.15) is 0 Å². The van der Waals surface area contributed by atoms with Gasteiger partial charge in [0.25, 0.3) is 0 Å². The molecular weight excluding hydrogens is 286 g/mol. The quantitative estimate of drug-likeness (QED) is 0.899. The Morgan fingerprint density at radius 1 is 1.09 bits per heavy atom. The van der Waals surface area contributed by atoms with E-state index in [1.54, 1.807) is 12.1 Å². The number of nitrogens with zero attached hydrogens (tertiary/aromatic N) is 1. The largest absolute Gasteiger partial charge is 0.508 e. The van der Waals surface area contributed by atoms with Crippen molar-refractivity contribution in [3.05, 3.63) is 53.6 Å². The molecule has 122 valence electrons. The van der Waals surface area contributed by atoms with Crippen LogP contribution in [0.25, 0.3) is 0 Å². The zero-order valence-corrected chi connectivity index (χ0v) is 14.0. The molecule has 0 aliphatic carbocycles. The van der Waals surface area contributed by atoms with Crippen molar-refractivity contribution in [3.8, 4) is 11.5 Å². The molecule has 23 heavy (non-hydrogen) atoms. The van der Waals surface area contributed by atoms with Gasteiger partial charge in [-0.3, -0.25) is 0 Å². The molecule has 0 saturated heterocycles. The minimum atomic E-state index is 0.145. The summed E-state index contributed by atoms with van der Waals surface area (Å²) in [6.07, 6.45) is 3.20. The van der Waals surface area contributed by atoms with Crippen molar-refractivity contribution < 1.29 is 9.84 Å². The Bertz CT molecular complexity index is 651. The number of phenolic OH excluding ortho intramolecular Hbond substituents is 1. The zero-order chi connectivity index (χ0) is 16.2. The van der Waals surface area contributed by atoms with Gasteiger partial charge in [0.05, 0.1) is 12.2 Å². The first-order valence-corrected chi connectivity index (χ1v) is 8.52. The Hall–Kier alpha value is -2.16. The number of anilines is 1. The average molecular weight is 311 g/mol. The molecule has 1 aliphatic heterocycles. The fraction of sp³-hybridized carbons (Fsp3) is 0.400. The normalized spacial score (nSPS) is 16.8. The number of hydrogen-bond donors (Lipinski definition) is 1. The summed E-state index contributed by atoms with van der Waals surface area (Å²) >= 11 is 0. The molecule has 0 aromatic heterocycles. The average Bonchev–Trinajstić information content (AvgIpc) is 2.56. The summed E-state index contributed by atoms with van der Waals surface area (Å²) in [7, 11) is 0. The van der Waals surface area contributed by atoms with Crippen LogP contribution in [0.4, 0.5) is 5.69 Å². The Balaban J connectivity index is 1.77. The number of rotatable bonds is 5. The molecule has 0 saturated carbocycles. The van der Waals surface area contributed by atoms with E-state index in [0.717, 1.165) is 43.8 Å². The number of phenols is 1. The number of hydrogen-bond acceptors (Lipinski definition) is 3. The fourth-order valence-corrected chi connectivity index (χ4v) is 3.18. The summed E-state index contributed by atoms with van der Waals surface area (Å²) in [5.41, 5.74) is 3.68. The van der Waals surface area contributed by atoms with E-state index in [0.29, 0.717) is 5.75 Å². The van der Waals surface area contributed by atoms with Crippen LogP contribution in [-0.4, -0.2) is 24.3 Å². The highest BCUT2D eigenvalue weighted by Crippen LogP contribution is 2.36. The number of aryl methyl sites for hydroxylation is 1. The first-order chi connectivity index (χ1) is 11.2. The maximum absolute atomic E-state index is 9.74. The summed E-state index contributed by atoms with van der Waals surface area (Å²) < 4.78 is 6.17. The number of ether oxygens (including phenoxy) is 1. The molecular formula is C20H25NO2. The maximum atomic E-state index is 9.74. The van der Waals surface area contributed by atoms with Crippen LogP contribution in [0.2, 0.25) is 0 Å². The molecule has 3 rings (SSSR count). The fourth-order valence-electron chi connectivity index (χ4n) is 3.18. The van der Waals surface area contributed by atoms with Gasteiger partial charge in [-0.05, 0) is 36.1 Å². The van der Waals surface area contributed by atoms with Crippen molar-refractivity contribution in [2.45, 2.75) is 39.2 Å². The molecule has 3 nitrogen and oxygen atoms in total. The molecule has 2 aromatic carbocycles. The number of benzene rings is 2. The Morgan fingerprint density at radius 3 is 2.52 bits per heavy atom. The lowest BCUT2D eigenvalue weighted by molar-refractivity contribution is 0.193. The van der Waals surface area contributed by atoms with E-state index in [1.165, 1.54) is 11.1 Å². The van der Waals surface area contributed by atoms with Crippen LogP contribution >= 0.6 is 0 Å². The third kappa shape index (κ3) is 3.61. The summed E-state index contributed by atoms with van der Waals surface area (Å²) in [6.45, 7) is 6.19. The van der Waals surface area contributed by atoms with Gasteiger partial charge in [0.2, 0.25) is 0 Å². The lowest BCUT2D eigenvalue weighted by Gasteiger charge is -2.36. The van der Waals surface area contributed by atoms with Gasteiger partial charge in [0, 0.05) is 19.0 Å². The van der Waals surface area contributed by atoms with Crippen LogP contribution in [0, 0.1) is 0 Å². The Kier molecular flexibility index (Phi) is 4.75. The highest BCUT2D eigenvalue weighted by molar-refractivity contribution is 5.63. The first kappa shape index (κ1) is 15.7. The Morgan fingerprint density at radius 2 is 1.83 bits per heavy atom. The second kappa shape index (κ2) is 6.95. The molecule has 0 spiro atoms. The summed E-state index contributed by atoms with van der Waals surface area (Å²) in [5, 5.41) is 9.74. The van der Waals surface area contributed by atoms with Gasteiger partial charge in [-0.1, -0.05) is 38.1 Å². The SMILES string of the molecule is CCCN1CC(Cc2ccc(CC)cc2)Oc2ccc(O)cc21. The van der Waals surface area contributed by atoms with Crippen molar-refractivity contribution in [2.24, 2.45) is 0 Å². The topological polar surface area (TPSA) is 32.7 Å². The van der Waals surface area contributed by atoms with Crippen LogP contribution in [0.3, 0.4) is 0 Å². The zero-order valence-electron chi connectivity index (χ0n) is 14.0. The van der Waals surface area contributed by atoms with E-state index in [-0.39, 0.29) is 6.10 Å². The van der Waals surface area contributed by atoms with Gasteiger partial charge < -0.3 is 14.7 Å². The minimum absolute atomic E-state index is 0.145. The molecule has 1 N–H and O–H groups in total. The van der Waals surface area contributed by atoms with Crippen molar-refractivity contribution in [2.75, 3.05) is 18.0 Å². The van der Waals surface area contributed by atoms with Crippen molar-refractivity contribution in [3.63, 3.8) is 0 Å². The lowest BCUT2D eigenvalue weighted by Crippen LogP contribution is -2.41. The van der Waals surface area contributed by atoms with Crippen LogP contribution in [0.1, 0.15) is 31.4 Å². The monoisotopic (exact) mass is 311 g/mol. The molecule has 1 unspecified atom stereocenters. The summed E-state index contributed by atoms with van der Waals surface area (Å²) in [6, 6.07) is 14.2. The number of aromatic hydroxyl groups is 1. The molecule has 2 aromatic rings. The lowest BCUT2D eigenvalue weighted by atomic mass is 10.0. The van der Waals surface area contributed by atoms with Crippen LogP contribution in [0.5, 0.6) is 11.5 Å². The predicted molar refractivity (Wildman–Crippen MR) is 94.6 cm³/mol. The van der Waals surface area contributed by atoms with Gasteiger partial charge in [0.15, 0.2) is 0 Å². The molecule has 0 amide bonds. The molecule has 0 fully saturated rings. The second-order valence-corrected chi connectivity index (χ2v) is 6.21.